The molecule has 1 rings (SSSR count). The van der Waals surface area contributed by atoms with Gasteiger partial charge in [-0.25, -0.2) is 4.79 Å². The number of nitrogens with zero attached hydrogens (tertiary/aromatic N) is 1. The summed E-state index contributed by atoms with van der Waals surface area (Å²) in [5.74, 6) is -0.522. The average molecular weight is 382 g/mol. The molecule has 0 aromatic heterocycles. The summed E-state index contributed by atoms with van der Waals surface area (Å²) in [7, 11) is 0. The maximum absolute atomic E-state index is 12.0. The molecule has 0 saturated heterocycles. The van der Waals surface area contributed by atoms with E-state index in [1.165, 1.54) is 0 Å². The molecule has 1 aromatic rings. The zero-order chi connectivity index (χ0) is 20.3. The van der Waals surface area contributed by atoms with Crippen molar-refractivity contribution in [3.8, 4) is 0 Å². The fourth-order valence-corrected chi connectivity index (χ4v) is 2.15. The SMILES string of the molecule is CC(C)(C)OC(=O)N[C@H](COC(=O)CCCO[N+](=O)[O-])Cc1ccccc1. The van der Waals surface area contributed by atoms with E-state index in [1.54, 1.807) is 20.8 Å². The van der Waals surface area contributed by atoms with E-state index in [2.05, 4.69) is 10.2 Å². The molecule has 0 radical (unpaired) electrons. The molecule has 9 heteroatoms. The monoisotopic (exact) mass is 382 g/mol. The van der Waals surface area contributed by atoms with Gasteiger partial charge in [-0.05, 0) is 39.2 Å². The van der Waals surface area contributed by atoms with E-state index in [0.717, 1.165) is 5.56 Å². The summed E-state index contributed by atoms with van der Waals surface area (Å²) in [5, 5.41) is 11.8. The van der Waals surface area contributed by atoms with E-state index in [0.29, 0.717) is 6.42 Å². The van der Waals surface area contributed by atoms with Gasteiger partial charge < -0.3 is 19.6 Å². The molecule has 1 aromatic carbocycles. The largest absolute Gasteiger partial charge is 0.463 e. The number of ether oxygens (including phenoxy) is 2. The van der Waals surface area contributed by atoms with Crippen LogP contribution in [0.15, 0.2) is 30.3 Å². The number of carbonyl (C=O) groups excluding carboxylic acids is 2. The molecule has 0 saturated carbocycles. The minimum Gasteiger partial charge on any atom is -0.463 e. The predicted molar refractivity (Wildman–Crippen MR) is 96.4 cm³/mol. The molecule has 0 bridgehead atoms. The quantitative estimate of drug-likeness (QED) is 0.286. The second-order valence-corrected chi connectivity index (χ2v) is 6.88. The molecular formula is C18H26N2O7. The van der Waals surface area contributed by atoms with Crippen molar-refractivity contribution in [2.45, 2.75) is 51.7 Å². The fraction of sp³-hybridized carbons (Fsp3) is 0.556. The van der Waals surface area contributed by atoms with Gasteiger partial charge in [0.05, 0.1) is 12.6 Å². The van der Waals surface area contributed by atoms with E-state index < -0.39 is 28.8 Å². The van der Waals surface area contributed by atoms with Gasteiger partial charge in [0.1, 0.15) is 12.2 Å². The van der Waals surface area contributed by atoms with Crippen LogP contribution in [0.3, 0.4) is 0 Å². The van der Waals surface area contributed by atoms with Crippen molar-refractivity contribution in [3.05, 3.63) is 46.0 Å². The highest BCUT2D eigenvalue weighted by molar-refractivity contribution is 5.70. The summed E-state index contributed by atoms with van der Waals surface area (Å²) in [6, 6.07) is 8.97. The summed E-state index contributed by atoms with van der Waals surface area (Å²) in [5.41, 5.74) is 0.323. The Balaban J connectivity index is 2.53. The molecule has 0 aliphatic heterocycles. The van der Waals surface area contributed by atoms with E-state index in [4.69, 9.17) is 9.47 Å². The number of amides is 1. The second kappa shape index (κ2) is 11.0. The molecule has 0 aliphatic rings. The Labute approximate surface area is 158 Å². The van der Waals surface area contributed by atoms with E-state index in [9.17, 15) is 19.7 Å². The highest BCUT2D eigenvalue weighted by Crippen LogP contribution is 2.09. The Morgan fingerprint density at radius 1 is 1.22 bits per heavy atom. The molecule has 1 atom stereocenters. The first kappa shape index (κ1) is 22.2. The van der Waals surface area contributed by atoms with Crippen molar-refractivity contribution in [3.63, 3.8) is 0 Å². The molecule has 0 heterocycles. The molecule has 0 fully saturated rings. The number of nitrogens with one attached hydrogen (secondary N) is 1. The van der Waals surface area contributed by atoms with Crippen LogP contribution in [0.5, 0.6) is 0 Å². The van der Waals surface area contributed by atoms with Crippen LogP contribution in [-0.4, -0.2) is 42.0 Å². The van der Waals surface area contributed by atoms with Crippen molar-refractivity contribution in [2.75, 3.05) is 13.2 Å². The minimum atomic E-state index is -0.911. The number of rotatable bonds is 10. The van der Waals surface area contributed by atoms with Crippen molar-refractivity contribution in [1.29, 1.82) is 0 Å². The summed E-state index contributed by atoms with van der Waals surface area (Å²) >= 11 is 0. The fourth-order valence-electron chi connectivity index (χ4n) is 2.15. The molecule has 1 amide bonds. The third-order valence-corrected chi connectivity index (χ3v) is 3.21. The Morgan fingerprint density at radius 3 is 2.48 bits per heavy atom. The van der Waals surface area contributed by atoms with Gasteiger partial charge in [0.25, 0.3) is 5.09 Å². The van der Waals surface area contributed by atoms with Crippen LogP contribution >= 0.6 is 0 Å². The standard InChI is InChI=1S/C18H26N2O7/c1-18(2,3)27-17(22)19-15(12-14-8-5-4-6-9-14)13-25-16(21)10-7-11-26-20(23)24/h4-6,8-9,15H,7,10-13H2,1-3H3,(H,19,22)/t15-/m0/s1. The molecule has 9 nitrogen and oxygen atoms in total. The maximum Gasteiger partial charge on any atom is 0.408 e. The van der Waals surface area contributed by atoms with Crippen LogP contribution in [0.2, 0.25) is 0 Å². The molecular weight excluding hydrogens is 356 g/mol. The number of hydrogen-bond donors (Lipinski definition) is 1. The number of alkyl carbamates (subject to hydrolysis) is 1. The first-order chi connectivity index (χ1) is 12.7. The molecule has 27 heavy (non-hydrogen) atoms. The van der Waals surface area contributed by atoms with Gasteiger partial charge in [-0.3, -0.25) is 4.79 Å². The van der Waals surface area contributed by atoms with Gasteiger partial charge in [-0.1, -0.05) is 30.3 Å². The lowest BCUT2D eigenvalue weighted by Gasteiger charge is -2.23. The normalized spacial score (nSPS) is 12.0. The van der Waals surface area contributed by atoms with Crippen molar-refractivity contribution in [2.24, 2.45) is 0 Å². The summed E-state index contributed by atoms with van der Waals surface area (Å²) in [6.45, 7) is 5.05. The molecule has 150 valence electrons. The van der Waals surface area contributed by atoms with E-state index >= 15 is 0 Å². The molecule has 1 N–H and O–H groups in total. The summed E-state index contributed by atoms with van der Waals surface area (Å²) in [6.07, 6.45) is 0.0116. The van der Waals surface area contributed by atoms with Crippen molar-refractivity contribution < 1.29 is 29.0 Å². The third kappa shape index (κ3) is 11.4. The van der Waals surface area contributed by atoms with Crippen LogP contribution < -0.4 is 5.32 Å². The molecule has 0 aliphatic carbocycles. The Morgan fingerprint density at radius 2 is 1.89 bits per heavy atom. The van der Waals surface area contributed by atoms with Gasteiger partial charge >= 0.3 is 12.1 Å². The predicted octanol–water partition coefficient (Wildman–Crippen LogP) is 2.65. The number of hydrogen-bond acceptors (Lipinski definition) is 7. The minimum absolute atomic E-state index is 0.0155. The Kier molecular flexibility index (Phi) is 9.04. The number of esters is 1. The number of carbonyl (C=O) groups is 2. The second-order valence-electron chi connectivity index (χ2n) is 6.88. The molecule has 0 spiro atoms. The zero-order valence-corrected chi connectivity index (χ0v) is 15.8. The van der Waals surface area contributed by atoms with Crippen LogP contribution in [-0.2, 0) is 25.5 Å². The summed E-state index contributed by atoms with van der Waals surface area (Å²) in [4.78, 5) is 38.0. The van der Waals surface area contributed by atoms with Gasteiger partial charge in [-0.2, -0.15) is 0 Å². The Hall–Kier alpha value is -2.84. The van der Waals surface area contributed by atoms with Crippen LogP contribution in [0.1, 0.15) is 39.2 Å². The van der Waals surface area contributed by atoms with Crippen molar-refractivity contribution in [1.82, 2.24) is 5.32 Å². The van der Waals surface area contributed by atoms with E-state index in [-0.39, 0.29) is 26.1 Å². The summed E-state index contributed by atoms with van der Waals surface area (Å²) < 4.78 is 10.4. The first-order valence-corrected chi connectivity index (χ1v) is 8.62. The van der Waals surface area contributed by atoms with Gasteiger partial charge in [0, 0.05) is 6.42 Å². The lowest BCUT2D eigenvalue weighted by molar-refractivity contribution is -0.757. The van der Waals surface area contributed by atoms with Crippen LogP contribution in [0, 0.1) is 10.1 Å². The highest BCUT2D eigenvalue weighted by atomic mass is 16.9. The first-order valence-electron chi connectivity index (χ1n) is 8.62. The topological polar surface area (TPSA) is 117 Å². The van der Waals surface area contributed by atoms with Crippen LogP contribution in [0.4, 0.5) is 4.79 Å². The molecule has 0 unspecified atom stereocenters. The number of benzene rings is 1. The average Bonchev–Trinajstić information content (AvgIpc) is 2.55. The Bertz CT molecular complexity index is 614. The van der Waals surface area contributed by atoms with Gasteiger partial charge in [-0.15, -0.1) is 10.1 Å². The van der Waals surface area contributed by atoms with Gasteiger partial charge in [0.15, 0.2) is 0 Å². The van der Waals surface area contributed by atoms with Crippen LogP contribution in [0.25, 0.3) is 0 Å². The van der Waals surface area contributed by atoms with Crippen molar-refractivity contribution >= 4 is 12.1 Å². The lowest BCUT2D eigenvalue weighted by Crippen LogP contribution is -2.43. The third-order valence-electron chi connectivity index (χ3n) is 3.21. The lowest BCUT2D eigenvalue weighted by atomic mass is 10.1. The zero-order valence-electron chi connectivity index (χ0n) is 15.8. The van der Waals surface area contributed by atoms with Gasteiger partial charge in [0.2, 0.25) is 0 Å². The van der Waals surface area contributed by atoms with E-state index in [1.807, 2.05) is 30.3 Å². The maximum atomic E-state index is 12.0. The highest BCUT2D eigenvalue weighted by Gasteiger charge is 2.21. The smallest absolute Gasteiger partial charge is 0.408 e.